The molecule has 2 heteroatoms. The van der Waals surface area contributed by atoms with Crippen molar-refractivity contribution in [2.45, 2.75) is 13.8 Å². The molecule has 1 heterocycles. The number of aromatic nitrogens is 1. The first kappa shape index (κ1) is 15.6. The standard InChI is InChI=1S/C23H22N2/c1-3-25(4-2)19-12-9-18(10-13-19)22-16-14-21-20-8-6-5-7-17(20)11-15-23(21)24-22/h5-16H,3-4H2,1-2H3. The molecule has 0 fully saturated rings. The van der Waals surface area contributed by atoms with E-state index < -0.39 is 0 Å². The third-order valence-electron chi connectivity index (χ3n) is 4.89. The van der Waals surface area contributed by atoms with Crippen LogP contribution in [0.4, 0.5) is 5.69 Å². The lowest BCUT2D eigenvalue weighted by atomic mass is 10.0. The summed E-state index contributed by atoms with van der Waals surface area (Å²) in [5.74, 6) is 0. The second-order valence-corrected chi connectivity index (χ2v) is 6.27. The van der Waals surface area contributed by atoms with E-state index in [2.05, 4.69) is 91.5 Å². The number of rotatable bonds is 4. The van der Waals surface area contributed by atoms with Gasteiger partial charge in [-0.2, -0.15) is 0 Å². The van der Waals surface area contributed by atoms with Crippen molar-refractivity contribution in [1.29, 1.82) is 0 Å². The predicted molar refractivity (Wildman–Crippen MR) is 108 cm³/mol. The molecular formula is C23H22N2. The molecule has 124 valence electrons. The van der Waals surface area contributed by atoms with Crippen LogP contribution < -0.4 is 4.90 Å². The Bertz CT molecular complexity index is 1020. The highest BCUT2D eigenvalue weighted by Crippen LogP contribution is 2.28. The van der Waals surface area contributed by atoms with Crippen LogP contribution in [0.15, 0.2) is 72.8 Å². The van der Waals surface area contributed by atoms with Crippen LogP contribution in [0.5, 0.6) is 0 Å². The van der Waals surface area contributed by atoms with Crippen LogP contribution in [-0.2, 0) is 0 Å². The molecule has 0 aliphatic carbocycles. The molecule has 4 rings (SSSR count). The first-order valence-corrected chi connectivity index (χ1v) is 8.94. The summed E-state index contributed by atoms with van der Waals surface area (Å²) in [6.45, 7) is 6.42. The third-order valence-corrected chi connectivity index (χ3v) is 4.89. The summed E-state index contributed by atoms with van der Waals surface area (Å²) in [5, 5.41) is 3.73. The molecule has 0 spiro atoms. The van der Waals surface area contributed by atoms with E-state index >= 15 is 0 Å². The fourth-order valence-electron chi connectivity index (χ4n) is 3.48. The topological polar surface area (TPSA) is 16.1 Å². The summed E-state index contributed by atoms with van der Waals surface area (Å²) in [7, 11) is 0. The molecule has 0 saturated heterocycles. The Morgan fingerprint density at radius 2 is 1.48 bits per heavy atom. The third kappa shape index (κ3) is 2.85. The van der Waals surface area contributed by atoms with Gasteiger partial charge in [0.05, 0.1) is 11.2 Å². The quantitative estimate of drug-likeness (QED) is 0.434. The SMILES string of the molecule is CCN(CC)c1ccc(-c2ccc3c(ccc4ccccc43)n2)cc1. The van der Waals surface area contributed by atoms with Crippen LogP contribution in [-0.4, -0.2) is 18.1 Å². The van der Waals surface area contributed by atoms with Crippen LogP contribution in [0.1, 0.15) is 13.8 Å². The normalized spacial score (nSPS) is 11.1. The molecule has 0 bridgehead atoms. The molecule has 0 unspecified atom stereocenters. The molecule has 0 radical (unpaired) electrons. The maximum Gasteiger partial charge on any atom is 0.0715 e. The molecule has 0 N–H and O–H groups in total. The number of hydrogen-bond donors (Lipinski definition) is 0. The number of hydrogen-bond acceptors (Lipinski definition) is 2. The van der Waals surface area contributed by atoms with Crippen molar-refractivity contribution >= 4 is 27.4 Å². The van der Waals surface area contributed by atoms with Crippen molar-refractivity contribution in [3.8, 4) is 11.3 Å². The fraction of sp³-hybridized carbons (Fsp3) is 0.174. The molecule has 0 atom stereocenters. The van der Waals surface area contributed by atoms with Crippen LogP contribution in [0.3, 0.4) is 0 Å². The van der Waals surface area contributed by atoms with Gasteiger partial charge in [0.25, 0.3) is 0 Å². The molecule has 3 aromatic carbocycles. The Kier molecular flexibility index (Phi) is 4.10. The zero-order valence-electron chi connectivity index (χ0n) is 14.7. The number of fused-ring (bicyclic) bond motifs is 3. The van der Waals surface area contributed by atoms with Crippen LogP contribution >= 0.6 is 0 Å². The second-order valence-electron chi connectivity index (χ2n) is 6.27. The highest BCUT2D eigenvalue weighted by atomic mass is 15.1. The molecular weight excluding hydrogens is 304 g/mol. The van der Waals surface area contributed by atoms with Crippen molar-refractivity contribution < 1.29 is 0 Å². The second kappa shape index (κ2) is 6.56. The number of pyridine rings is 1. The fourth-order valence-corrected chi connectivity index (χ4v) is 3.48. The van der Waals surface area contributed by atoms with Gasteiger partial charge in [0.15, 0.2) is 0 Å². The van der Waals surface area contributed by atoms with Crippen molar-refractivity contribution in [2.24, 2.45) is 0 Å². The summed E-state index contributed by atoms with van der Waals surface area (Å²) in [6.07, 6.45) is 0. The van der Waals surface area contributed by atoms with Crippen molar-refractivity contribution in [3.63, 3.8) is 0 Å². The average Bonchev–Trinajstić information content (AvgIpc) is 2.69. The van der Waals surface area contributed by atoms with Crippen molar-refractivity contribution in [1.82, 2.24) is 4.98 Å². The highest BCUT2D eigenvalue weighted by Gasteiger charge is 2.06. The van der Waals surface area contributed by atoms with E-state index in [0.29, 0.717) is 0 Å². The zero-order chi connectivity index (χ0) is 17.2. The smallest absolute Gasteiger partial charge is 0.0715 e. The molecule has 2 nitrogen and oxygen atoms in total. The first-order chi connectivity index (χ1) is 12.3. The van der Waals surface area contributed by atoms with E-state index in [9.17, 15) is 0 Å². The Hall–Kier alpha value is -2.87. The molecule has 0 aliphatic rings. The lowest BCUT2D eigenvalue weighted by Gasteiger charge is -2.21. The Morgan fingerprint density at radius 1 is 0.720 bits per heavy atom. The first-order valence-electron chi connectivity index (χ1n) is 8.94. The van der Waals surface area contributed by atoms with Gasteiger partial charge in [0.1, 0.15) is 0 Å². The molecule has 0 saturated carbocycles. The maximum absolute atomic E-state index is 4.90. The van der Waals surface area contributed by atoms with Gasteiger partial charge in [-0.3, -0.25) is 0 Å². The predicted octanol–water partition coefficient (Wildman–Crippen LogP) is 5.90. The summed E-state index contributed by atoms with van der Waals surface area (Å²) in [5.41, 5.74) is 4.49. The van der Waals surface area contributed by atoms with E-state index in [1.54, 1.807) is 0 Å². The van der Waals surface area contributed by atoms with Crippen LogP contribution in [0, 0.1) is 0 Å². The minimum absolute atomic E-state index is 1.02. The molecule has 4 aromatic rings. The number of anilines is 1. The zero-order valence-corrected chi connectivity index (χ0v) is 14.7. The van der Waals surface area contributed by atoms with Gasteiger partial charge >= 0.3 is 0 Å². The molecule has 1 aromatic heterocycles. The van der Waals surface area contributed by atoms with Gasteiger partial charge in [0.2, 0.25) is 0 Å². The van der Waals surface area contributed by atoms with Gasteiger partial charge in [-0.25, -0.2) is 4.98 Å². The minimum atomic E-state index is 1.02. The average molecular weight is 326 g/mol. The van der Waals surface area contributed by atoms with Gasteiger partial charge < -0.3 is 4.90 Å². The minimum Gasteiger partial charge on any atom is -0.372 e. The summed E-state index contributed by atoms with van der Waals surface area (Å²) in [6, 6.07) is 25.8. The summed E-state index contributed by atoms with van der Waals surface area (Å²) < 4.78 is 0. The van der Waals surface area contributed by atoms with Crippen LogP contribution in [0.25, 0.3) is 32.9 Å². The monoisotopic (exact) mass is 326 g/mol. The van der Waals surface area contributed by atoms with E-state index in [-0.39, 0.29) is 0 Å². The van der Waals surface area contributed by atoms with E-state index in [1.807, 2.05) is 0 Å². The number of benzene rings is 3. The summed E-state index contributed by atoms with van der Waals surface area (Å²) in [4.78, 5) is 7.25. The number of nitrogens with zero attached hydrogens (tertiary/aromatic N) is 2. The lowest BCUT2D eigenvalue weighted by Crippen LogP contribution is -2.21. The van der Waals surface area contributed by atoms with E-state index in [4.69, 9.17) is 4.98 Å². The highest BCUT2D eigenvalue weighted by molar-refractivity contribution is 6.06. The molecule has 0 amide bonds. The molecule has 0 aliphatic heterocycles. The van der Waals surface area contributed by atoms with Crippen LogP contribution in [0.2, 0.25) is 0 Å². The van der Waals surface area contributed by atoms with Crippen molar-refractivity contribution in [2.75, 3.05) is 18.0 Å². The Labute approximate surface area is 148 Å². The maximum atomic E-state index is 4.90. The van der Waals surface area contributed by atoms with Gasteiger partial charge in [-0.1, -0.05) is 48.5 Å². The molecule has 25 heavy (non-hydrogen) atoms. The summed E-state index contributed by atoms with van der Waals surface area (Å²) >= 11 is 0. The van der Waals surface area contributed by atoms with Crippen molar-refractivity contribution in [3.05, 3.63) is 72.8 Å². The Balaban J connectivity index is 1.75. The van der Waals surface area contributed by atoms with Gasteiger partial charge in [0, 0.05) is 29.7 Å². The van der Waals surface area contributed by atoms with Gasteiger partial charge in [-0.15, -0.1) is 0 Å². The van der Waals surface area contributed by atoms with E-state index in [0.717, 1.165) is 29.9 Å². The van der Waals surface area contributed by atoms with E-state index in [1.165, 1.54) is 21.8 Å². The Morgan fingerprint density at radius 3 is 2.24 bits per heavy atom. The largest absolute Gasteiger partial charge is 0.372 e. The van der Waals surface area contributed by atoms with Gasteiger partial charge in [-0.05, 0) is 48.9 Å². The lowest BCUT2D eigenvalue weighted by molar-refractivity contribution is 0.866.